The lowest BCUT2D eigenvalue weighted by atomic mass is 10.1. The van der Waals surface area contributed by atoms with Crippen molar-refractivity contribution in [3.8, 4) is 0 Å². The maximum Gasteiger partial charge on any atom is 0.227 e. The number of hydrogen-bond donors (Lipinski definition) is 1. The molecule has 17 heavy (non-hydrogen) atoms. The monoisotopic (exact) mass is 238 g/mol. The van der Waals surface area contributed by atoms with Gasteiger partial charge < -0.3 is 10.6 Å². The molecule has 0 aliphatic heterocycles. The van der Waals surface area contributed by atoms with Gasteiger partial charge in [0.15, 0.2) is 0 Å². The number of benzene rings is 1. The maximum atomic E-state index is 13.1. The second kappa shape index (κ2) is 6.35. The Morgan fingerprint density at radius 1 is 1.47 bits per heavy atom. The van der Waals surface area contributed by atoms with E-state index in [2.05, 4.69) is 0 Å². The molecule has 0 saturated carbocycles. The largest absolute Gasteiger partial charge is 0.329 e. The number of anilines is 1. The van der Waals surface area contributed by atoms with Gasteiger partial charge in [-0.05, 0) is 24.1 Å². The smallest absolute Gasteiger partial charge is 0.227 e. The van der Waals surface area contributed by atoms with E-state index in [4.69, 9.17) is 5.73 Å². The second-order valence-corrected chi connectivity index (χ2v) is 4.41. The average Bonchev–Trinajstić information content (AvgIpc) is 2.24. The van der Waals surface area contributed by atoms with Gasteiger partial charge in [-0.1, -0.05) is 19.9 Å². The van der Waals surface area contributed by atoms with Gasteiger partial charge in [0.2, 0.25) is 5.91 Å². The number of carbonyl (C=O) groups is 1. The summed E-state index contributed by atoms with van der Waals surface area (Å²) in [7, 11) is 0. The molecule has 0 spiro atoms. The van der Waals surface area contributed by atoms with Gasteiger partial charge in [0.1, 0.15) is 5.82 Å². The van der Waals surface area contributed by atoms with E-state index in [-0.39, 0.29) is 17.6 Å². The van der Waals surface area contributed by atoms with Crippen LogP contribution in [0.1, 0.15) is 20.3 Å². The van der Waals surface area contributed by atoms with Crippen molar-refractivity contribution in [1.82, 2.24) is 0 Å². The van der Waals surface area contributed by atoms with Gasteiger partial charge in [-0.3, -0.25) is 4.79 Å². The van der Waals surface area contributed by atoms with Crippen LogP contribution in [0.5, 0.6) is 0 Å². The molecule has 0 radical (unpaired) electrons. The first kappa shape index (κ1) is 13.6. The topological polar surface area (TPSA) is 46.3 Å². The van der Waals surface area contributed by atoms with E-state index < -0.39 is 0 Å². The second-order valence-electron chi connectivity index (χ2n) is 4.41. The fraction of sp³-hybridized carbons (Fsp3) is 0.462. The minimum absolute atomic E-state index is 0.0175. The van der Waals surface area contributed by atoms with E-state index in [1.807, 2.05) is 13.8 Å². The molecule has 4 heteroatoms. The van der Waals surface area contributed by atoms with E-state index in [9.17, 15) is 9.18 Å². The first-order valence-corrected chi connectivity index (χ1v) is 5.80. The molecular weight excluding hydrogens is 219 g/mol. The fourth-order valence-corrected chi connectivity index (χ4v) is 1.63. The van der Waals surface area contributed by atoms with Crippen molar-refractivity contribution >= 4 is 11.6 Å². The molecule has 0 heterocycles. The van der Waals surface area contributed by atoms with Crippen molar-refractivity contribution in [1.29, 1.82) is 0 Å². The predicted octanol–water partition coefficient (Wildman–Crippen LogP) is 2.16. The Morgan fingerprint density at radius 2 is 2.18 bits per heavy atom. The zero-order chi connectivity index (χ0) is 12.8. The molecule has 0 aliphatic carbocycles. The highest BCUT2D eigenvalue weighted by atomic mass is 19.1. The van der Waals surface area contributed by atoms with Gasteiger partial charge in [-0.15, -0.1) is 0 Å². The van der Waals surface area contributed by atoms with Crippen molar-refractivity contribution < 1.29 is 9.18 Å². The van der Waals surface area contributed by atoms with Crippen LogP contribution < -0.4 is 10.6 Å². The highest BCUT2D eigenvalue weighted by molar-refractivity contribution is 5.93. The molecule has 0 fully saturated rings. The molecule has 3 nitrogen and oxygen atoms in total. The minimum atomic E-state index is -0.345. The summed E-state index contributed by atoms with van der Waals surface area (Å²) in [6, 6.07) is 6.03. The Balaban J connectivity index is 2.88. The Bertz CT molecular complexity index is 379. The first-order valence-electron chi connectivity index (χ1n) is 5.80. The molecule has 1 aromatic rings. The molecule has 94 valence electrons. The molecule has 0 bridgehead atoms. The van der Waals surface area contributed by atoms with E-state index in [1.54, 1.807) is 17.0 Å². The van der Waals surface area contributed by atoms with Gasteiger partial charge in [0.05, 0.1) is 0 Å². The first-order chi connectivity index (χ1) is 8.04. The SMILES string of the molecule is CC(C)CC(=O)N(CCN)c1cccc(F)c1. The van der Waals surface area contributed by atoms with E-state index >= 15 is 0 Å². The Kier molecular flexibility index (Phi) is 5.10. The predicted molar refractivity (Wildman–Crippen MR) is 67.3 cm³/mol. The van der Waals surface area contributed by atoms with Gasteiger partial charge >= 0.3 is 0 Å². The number of hydrogen-bond acceptors (Lipinski definition) is 2. The summed E-state index contributed by atoms with van der Waals surface area (Å²) in [5, 5.41) is 0. The lowest BCUT2D eigenvalue weighted by Crippen LogP contribution is -2.36. The molecule has 0 unspecified atom stereocenters. The molecule has 0 aromatic heterocycles. The number of rotatable bonds is 5. The third-order valence-corrected chi connectivity index (χ3v) is 2.36. The van der Waals surface area contributed by atoms with Gasteiger partial charge in [0, 0.05) is 25.2 Å². The Morgan fingerprint density at radius 3 is 2.71 bits per heavy atom. The summed E-state index contributed by atoms with van der Waals surface area (Å²) in [6.45, 7) is 4.73. The van der Waals surface area contributed by atoms with Crippen LogP contribution >= 0.6 is 0 Å². The number of halogens is 1. The zero-order valence-electron chi connectivity index (χ0n) is 10.3. The molecule has 0 saturated heterocycles. The summed E-state index contributed by atoms with van der Waals surface area (Å²) < 4.78 is 13.1. The van der Waals surface area contributed by atoms with Crippen molar-refractivity contribution in [2.24, 2.45) is 11.7 Å². The highest BCUT2D eigenvalue weighted by Gasteiger charge is 2.16. The Hall–Kier alpha value is -1.42. The van der Waals surface area contributed by atoms with Crippen LogP contribution in [0, 0.1) is 11.7 Å². The average molecular weight is 238 g/mol. The summed E-state index contributed by atoms with van der Waals surface area (Å²) in [5.41, 5.74) is 6.06. The molecule has 1 rings (SSSR count). The summed E-state index contributed by atoms with van der Waals surface area (Å²) in [5.74, 6) is -0.0887. The van der Waals surface area contributed by atoms with Crippen LogP contribution in [-0.4, -0.2) is 19.0 Å². The van der Waals surface area contributed by atoms with Gasteiger partial charge in [-0.2, -0.15) is 0 Å². The molecule has 1 amide bonds. The maximum absolute atomic E-state index is 13.1. The van der Waals surface area contributed by atoms with E-state index in [1.165, 1.54) is 12.1 Å². The number of carbonyl (C=O) groups excluding carboxylic acids is 1. The number of amides is 1. The van der Waals surface area contributed by atoms with Crippen molar-refractivity contribution in [2.75, 3.05) is 18.0 Å². The summed E-state index contributed by atoms with van der Waals surface area (Å²) in [6.07, 6.45) is 0.441. The van der Waals surface area contributed by atoms with Gasteiger partial charge in [-0.25, -0.2) is 4.39 Å². The van der Waals surface area contributed by atoms with Crippen molar-refractivity contribution in [3.05, 3.63) is 30.1 Å². The Labute approximate surface area is 101 Å². The lowest BCUT2D eigenvalue weighted by molar-refractivity contribution is -0.119. The molecule has 0 aliphatic rings. The minimum Gasteiger partial charge on any atom is -0.329 e. The highest BCUT2D eigenvalue weighted by Crippen LogP contribution is 2.17. The van der Waals surface area contributed by atoms with Crippen LogP contribution in [0.2, 0.25) is 0 Å². The third kappa shape index (κ3) is 4.15. The van der Waals surface area contributed by atoms with Crippen LogP contribution in [0.25, 0.3) is 0 Å². The van der Waals surface area contributed by atoms with Gasteiger partial charge in [0.25, 0.3) is 0 Å². The van der Waals surface area contributed by atoms with Crippen LogP contribution in [0.4, 0.5) is 10.1 Å². The van der Waals surface area contributed by atoms with Crippen LogP contribution in [-0.2, 0) is 4.79 Å². The van der Waals surface area contributed by atoms with Crippen molar-refractivity contribution in [3.63, 3.8) is 0 Å². The molecule has 1 aromatic carbocycles. The standard InChI is InChI=1S/C13H19FN2O/c1-10(2)8-13(17)16(7-6-15)12-5-3-4-11(14)9-12/h3-5,9-10H,6-8,15H2,1-2H3. The summed E-state index contributed by atoms with van der Waals surface area (Å²) in [4.78, 5) is 13.5. The quantitative estimate of drug-likeness (QED) is 0.854. The number of nitrogens with zero attached hydrogens (tertiary/aromatic N) is 1. The third-order valence-electron chi connectivity index (χ3n) is 2.36. The number of nitrogens with two attached hydrogens (primary N) is 1. The van der Waals surface area contributed by atoms with E-state index in [0.29, 0.717) is 25.2 Å². The molecular formula is C13H19FN2O. The van der Waals surface area contributed by atoms with Crippen LogP contribution in [0.3, 0.4) is 0 Å². The fourth-order valence-electron chi connectivity index (χ4n) is 1.63. The molecule has 2 N–H and O–H groups in total. The van der Waals surface area contributed by atoms with Crippen molar-refractivity contribution in [2.45, 2.75) is 20.3 Å². The normalized spacial score (nSPS) is 10.6. The summed E-state index contributed by atoms with van der Waals surface area (Å²) >= 11 is 0. The zero-order valence-corrected chi connectivity index (χ0v) is 10.3. The molecule has 0 atom stereocenters. The van der Waals surface area contributed by atoms with Crippen LogP contribution in [0.15, 0.2) is 24.3 Å². The van der Waals surface area contributed by atoms with E-state index in [0.717, 1.165) is 0 Å². The lowest BCUT2D eigenvalue weighted by Gasteiger charge is -2.23.